The molecule has 6 nitrogen and oxygen atoms in total. The lowest BCUT2D eigenvalue weighted by atomic mass is 9.98. The minimum atomic E-state index is -3.48. The highest BCUT2D eigenvalue weighted by Crippen LogP contribution is 2.21. The van der Waals surface area contributed by atoms with Gasteiger partial charge < -0.3 is 4.74 Å². The fourth-order valence-electron chi connectivity index (χ4n) is 3.98. The molecule has 1 aromatic carbocycles. The molecular formula is C19H31N3O3S. The van der Waals surface area contributed by atoms with Crippen LogP contribution in [0.4, 0.5) is 0 Å². The third-order valence-electron chi connectivity index (χ3n) is 5.38. The van der Waals surface area contributed by atoms with Gasteiger partial charge in [-0.15, -0.1) is 0 Å². The summed E-state index contributed by atoms with van der Waals surface area (Å²) in [6, 6.07) is 8.73. The van der Waals surface area contributed by atoms with Crippen molar-refractivity contribution in [2.45, 2.75) is 58.4 Å². The van der Waals surface area contributed by atoms with E-state index in [4.69, 9.17) is 4.74 Å². The lowest BCUT2D eigenvalue weighted by molar-refractivity contribution is -0.0444. The molecule has 7 heteroatoms. The first-order chi connectivity index (χ1) is 12.4. The van der Waals surface area contributed by atoms with Gasteiger partial charge >= 0.3 is 0 Å². The van der Waals surface area contributed by atoms with Gasteiger partial charge in [0.1, 0.15) is 0 Å². The summed E-state index contributed by atoms with van der Waals surface area (Å²) in [7, 11) is -3.48. The van der Waals surface area contributed by atoms with Crippen LogP contribution in [0, 0.1) is 0 Å². The van der Waals surface area contributed by atoms with Gasteiger partial charge in [-0.25, -0.2) is 4.72 Å². The van der Waals surface area contributed by atoms with Crippen molar-refractivity contribution in [2.75, 3.05) is 26.2 Å². The Morgan fingerprint density at radius 2 is 1.85 bits per heavy atom. The Bertz CT molecular complexity index is 700. The van der Waals surface area contributed by atoms with Crippen LogP contribution < -0.4 is 4.72 Å². The van der Waals surface area contributed by atoms with E-state index in [2.05, 4.69) is 40.8 Å². The van der Waals surface area contributed by atoms with Gasteiger partial charge in [-0.2, -0.15) is 12.7 Å². The van der Waals surface area contributed by atoms with Crippen molar-refractivity contribution in [3.05, 3.63) is 35.4 Å². The highest BCUT2D eigenvalue weighted by atomic mass is 32.2. The van der Waals surface area contributed by atoms with E-state index in [1.807, 2.05) is 13.8 Å². The normalized spacial score (nSPS) is 26.4. The zero-order valence-electron chi connectivity index (χ0n) is 16.0. The van der Waals surface area contributed by atoms with E-state index in [0.29, 0.717) is 19.6 Å². The van der Waals surface area contributed by atoms with Crippen LogP contribution in [0.2, 0.25) is 0 Å². The molecule has 146 valence electrons. The van der Waals surface area contributed by atoms with E-state index in [9.17, 15) is 8.42 Å². The number of rotatable bonds is 6. The van der Waals surface area contributed by atoms with Crippen molar-refractivity contribution in [1.29, 1.82) is 0 Å². The van der Waals surface area contributed by atoms with E-state index in [1.165, 1.54) is 15.4 Å². The quantitative estimate of drug-likeness (QED) is 0.816. The predicted octanol–water partition coefficient (Wildman–Crippen LogP) is 1.77. The topological polar surface area (TPSA) is 61.9 Å². The molecule has 1 saturated heterocycles. The fraction of sp³-hybridized carbons (Fsp3) is 0.684. The zero-order valence-corrected chi connectivity index (χ0v) is 16.8. The van der Waals surface area contributed by atoms with Gasteiger partial charge in [0.2, 0.25) is 0 Å². The Morgan fingerprint density at radius 3 is 2.50 bits per heavy atom. The molecule has 2 aliphatic rings. The molecule has 0 radical (unpaired) electrons. The van der Waals surface area contributed by atoms with E-state index < -0.39 is 10.2 Å². The molecule has 1 aromatic rings. The molecule has 0 amide bonds. The minimum Gasteiger partial charge on any atom is -0.373 e. The molecule has 1 fully saturated rings. The van der Waals surface area contributed by atoms with Crippen molar-refractivity contribution in [3.8, 4) is 0 Å². The number of benzene rings is 1. The number of hydrogen-bond acceptors (Lipinski definition) is 4. The van der Waals surface area contributed by atoms with E-state index >= 15 is 0 Å². The van der Waals surface area contributed by atoms with Crippen molar-refractivity contribution in [1.82, 2.24) is 13.9 Å². The first-order valence-electron chi connectivity index (χ1n) is 9.60. The van der Waals surface area contributed by atoms with Gasteiger partial charge in [-0.05, 0) is 37.8 Å². The molecule has 0 spiro atoms. The molecule has 1 N–H and O–H groups in total. The lowest BCUT2D eigenvalue weighted by Crippen LogP contribution is -2.54. The first-order valence-corrected chi connectivity index (χ1v) is 11.0. The summed E-state index contributed by atoms with van der Waals surface area (Å²) in [5.41, 5.74) is 2.77. The summed E-state index contributed by atoms with van der Waals surface area (Å²) < 4.78 is 35.4. The van der Waals surface area contributed by atoms with Gasteiger partial charge in [-0.1, -0.05) is 31.2 Å². The summed E-state index contributed by atoms with van der Waals surface area (Å²) in [5, 5.41) is 0. The smallest absolute Gasteiger partial charge is 0.279 e. The summed E-state index contributed by atoms with van der Waals surface area (Å²) in [4.78, 5) is 2.40. The third kappa shape index (κ3) is 4.64. The van der Waals surface area contributed by atoms with Gasteiger partial charge in [0.05, 0.1) is 12.2 Å². The molecule has 0 aromatic heterocycles. The molecule has 2 aliphatic heterocycles. The second-order valence-electron chi connectivity index (χ2n) is 7.48. The van der Waals surface area contributed by atoms with E-state index in [-0.39, 0.29) is 18.2 Å². The fourth-order valence-corrected chi connectivity index (χ4v) is 5.38. The van der Waals surface area contributed by atoms with Crippen LogP contribution in [0.3, 0.4) is 0 Å². The summed E-state index contributed by atoms with van der Waals surface area (Å²) in [6.07, 6.45) is 1.80. The second kappa shape index (κ2) is 8.35. The van der Waals surface area contributed by atoms with Crippen LogP contribution in [0.5, 0.6) is 0 Å². The number of nitrogens with zero attached hydrogens (tertiary/aromatic N) is 2. The van der Waals surface area contributed by atoms with Crippen molar-refractivity contribution < 1.29 is 13.2 Å². The molecule has 0 unspecified atom stereocenters. The summed E-state index contributed by atoms with van der Waals surface area (Å²) >= 11 is 0. The average molecular weight is 382 g/mol. The standard InChI is InChI=1S/C19H31N3O3S/c1-4-19(21-10-9-17-7-5-6-8-18(17)14-21)11-20-26(23,24)22-12-15(2)25-16(3)13-22/h5-8,15-16,19-20H,4,9-14H2,1-3H3/t15-,16-,19+/m0/s1. The number of ether oxygens (including phenoxy) is 1. The van der Waals surface area contributed by atoms with Crippen LogP contribution in [-0.4, -0.2) is 62.1 Å². The number of hydrogen-bond donors (Lipinski definition) is 1. The molecule has 0 saturated carbocycles. The molecular weight excluding hydrogens is 350 g/mol. The Hall–Kier alpha value is -0.990. The Morgan fingerprint density at radius 1 is 1.19 bits per heavy atom. The Balaban J connectivity index is 1.60. The van der Waals surface area contributed by atoms with Gasteiger partial charge in [0.15, 0.2) is 0 Å². The Labute approximate surface area is 157 Å². The maximum absolute atomic E-state index is 12.7. The number of morpholine rings is 1. The predicted molar refractivity (Wildman–Crippen MR) is 103 cm³/mol. The van der Waals surface area contributed by atoms with Gasteiger partial charge in [-0.3, -0.25) is 4.90 Å². The molecule has 3 atom stereocenters. The maximum Gasteiger partial charge on any atom is 0.279 e. The van der Waals surface area contributed by atoms with Crippen LogP contribution >= 0.6 is 0 Å². The molecule has 2 heterocycles. The first kappa shape index (κ1) is 19.8. The molecule has 3 rings (SSSR count). The molecule has 0 aliphatic carbocycles. The van der Waals surface area contributed by atoms with E-state index in [0.717, 1.165) is 25.9 Å². The Kier molecular flexibility index (Phi) is 6.35. The number of nitrogens with one attached hydrogen (secondary N) is 1. The minimum absolute atomic E-state index is 0.0732. The van der Waals surface area contributed by atoms with E-state index in [1.54, 1.807) is 0 Å². The average Bonchev–Trinajstić information content (AvgIpc) is 2.61. The lowest BCUT2D eigenvalue weighted by Gasteiger charge is -2.37. The zero-order chi connectivity index (χ0) is 18.7. The monoisotopic (exact) mass is 381 g/mol. The van der Waals surface area contributed by atoms with Crippen LogP contribution in [-0.2, 0) is 27.9 Å². The highest BCUT2D eigenvalue weighted by Gasteiger charge is 2.32. The van der Waals surface area contributed by atoms with Crippen molar-refractivity contribution in [3.63, 3.8) is 0 Å². The largest absolute Gasteiger partial charge is 0.373 e. The van der Waals surface area contributed by atoms with Crippen LogP contribution in [0.25, 0.3) is 0 Å². The summed E-state index contributed by atoms with van der Waals surface area (Å²) in [6.45, 7) is 9.09. The van der Waals surface area contributed by atoms with Crippen molar-refractivity contribution in [2.24, 2.45) is 0 Å². The summed E-state index contributed by atoms with van der Waals surface area (Å²) in [5.74, 6) is 0. The number of fused-ring (bicyclic) bond motifs is 1. The molecule has 0 bridgehead atoms. The van der Waals surface area contributed by atoms with Gasteiger partial charge in [0, 0.05) is 38.8 Å². The third-order valence-corrected chi connectivity index (χ3v) is 6.88. The SMILES string of the molecule is CC[C@H](CNS(=O)(=O)N1C[C@H](C)O[C@@H](C)C1)N1CCc2ccccc2C1. The highest BCUT2D eigenvalue weighted by molar-refractivity contribution is 7.87. The van der Waals surface area contributed by atoms with Gasteiger partial charge in [0.25, 0.3) is 10.2 Å². The molecule has 26 heavy (non-hydrogen) atoms. The van der Waals surface area contributed by atoms with Crippen LogP contribution in [0.15, 0.2) is 24.3 Å². The maximum atomic E-state index is 12.7. The van der Waals surface area contributed by atoms with Crippen molar-refractivity contribution >= 4 is 10.2 Å². The second-order valence-corrected chi connectivity index (χ2v) is 9.23. The van der Waals surface area contributed by atoms with Crippen LogP contribution in [0.1, 0.15) is 38.3 Å².